The van der Waals surface area contributed by atoms with Crippen molar-refractivity contribution < 1.29 is 9.84 Å². The summed E-state index contributed by atoms with van der Waals surface area (Å²) in [6, 6.07) is 8.44. The molecule has 4 rings (SSSR count). The van der Waals surface area contributed by atoms with Gasteiger partial charge < -0.3 is 14.4 Å². The van der Waals surface area contributed by atoms with Gasteiger partial charge in [0.25, 0.3) is 0 Å². The van der Waals surface area contributed by atoms with Crippen molar-refractivity contribution in [2.45, 2.75) is 57.9 Å². The van der Waals surface area contributed by atoms with Crippen molar-refractivity contribution in [3.05, 3.63) is 54.1 Å². The van der Waals surface area contributed by atoms with Gasteiger partial charge in [-0.15, -0.1) is 0 Å². The number of nitrogens with zero attached hydrogens (tertiary/aromatic N) is 2. The van der Waals surface area contributed by atoms with Gasteiger partial charge in [-0.3, -0.25) is 0 Å². The van der Waals surface area contributed by atoms with Gasteiger partial charge in [0.05, 0.1) is 12.9 Å². The van der Waals surface area contributed by atoms with Crippen LogP contribution in [0.3, 0.4) is 0 Å². The van der Waals surface area contributed by atoms with E-state index in [1.54, 1.807) is 12.5 Å². The Bertz CT molecular complexity index is 896. The molecule has 1 saturated carbocycles. The second kappa shape index (κ2) is 8.03. The minimum Gasteiger partial charge on any atom is -0.508 e. The smallest absolute Gasteiger partial charge is 0.130 e. The first-order valence-electron chi connectivity index (χ1n) is 10.1. The number of rotatable bonds is 6. The van der Waals surface area contributed by atoms with Crippen LogP contribution in [0.25, 0.3) is 10.8 Å². The fourth-order valence-electron chi connectivity index (χ4n) is 4.26. The summed E-state index contributed by atoms with van der Waals surface area (Å²) >= 11 is 0. The number of ether oxygens (including phenoxy) is 1. The molecule has 0 saturated heterocycles. The molecule has 3 aromatic rings. The standard InChI is InChI=1S/C23H28N2O2/c1-2-17-8-9-19-14-20(18-6-4-3-5-7-18)22(26)15-21(19)23(17)27-13-12-25-11-10-24-16-25/h8-11,14-16,18,26H,2-7,12-13H2,1H3. The van der Waals surface area contributed by atoms with Crippen LogP contribution in [-0.2, 0) is 13.0 Å². The fraction of sp³-hybridized carbons (Fsp3) is 0.435. The number of aromatic nitrogens is 2. The van der Waals surface area contributed by atoms with Crippen LogP contribution in [0.15, 0.2) is 43.0 Å². The van der Waals surface area contributed by atoms with E-state index < -0.39 is 0 Å². The number of aromatic hydroxyl groups is 1. The number of fused-ring (bicyclic) bond motifs is 1. The quantitative estimate of drug-likeness (QED) is 0.634. The molecular weight excluding hydrogens is 336 g/mol. The number of benzene rings is 2. The maximum atomic E-state index is 10.8. The lowest BCUT2D eigenvalue weighted by molar-refractivity contribution is 0.299. The Kier molecular flexibility index (Phi) is 5.33. The van der Waals surface area contributed by atoms with Crippen molar-refractivity contribution in [3.8, 4) is 11.5 Å². The van der Waals surface area contributed by atoms with E-state index in [1.165, 1.54) is 37.7 Å². The van der Waals surface area contributed by atoms with E-state index in [4.69, 9.17) is 4.74 Å². The highest BCUT2D eigenvalue weighted by Gasteiger charge is 2.20. The van der Waals surface area contributed by atoms with Crippen molar-refractivity contribution in [1.29, 1.82) is 0 Å². The molecule has 4 nitrogen and oxygen atoms in total. The third-order valence-electron chi connectivity index (χ3n) is 5.78. The molecule has 0 aliphatic heterocycles. The van der Waals surface area contributed by atoms with E-state index in [0.29, 0.717) is 18.3 Å². The van der Waals surface area contributed by atoms with E-state index in [0.717, 1.165) is 35.1 Å². The second-order valence-corrected chi connectivity index (χ2v) is 7.52. The van der Waals surface area contributed by atoms with Gasteiger partial charge in [0, 0.05) is 17.8 Å². The molecule has 0 bridgehead atoms. The molecule has 0 unspecified atom stereocenters. The van der Waals surface area contributed by atoms with Gasteiger partial charge >= 0.3 is 0 Å². The van der Waals surface area contributed by atoms with E-state index in [9.17, 15) is 5.11 Å². The number of phenols is 1. The first kappa shape index (κ1) is 17.9. The minimum atomic E-state index is 0.419. The van der Waals surface area contributed by atoms with E-state index in [2.05, 4.69) is 30.1 Å². The zero-order valence-electron chi connectivity index (χ0n) is 16.0. The Balaban J connectivity index is 1.65. The topological polar surface area (TPSA) is 47.3 Å². The molecule has 1 aliphatic carbocycles. The number of hydrogen-bond donors (Lipinski definition) is 1. The van der Waals surface area contributed by atoms with Crippen LogP contribution in [0.2, 0.25) is 0 Å². The second-order valence-electron chi connectivity index (χ2n) is 7.52. The number of aryl methyl sites for hydroxylation is 1. The van der Waals surface area contributed by atoms with Crippen LogP contribution in [0.5, 0.6) is 11.5 Å². The van der Waals surface area contributed by atoms with Gasteiger partial charge in [-0.2, -0.15) is 0 Å². The lowest BCUT2D eigenvalue weighted by Crippen LogP contribution is -2.08. The summed E-state index contributed by atoms with van der Waals surface area (Å²) in [5, 5.41) is 12.9. The van der Waals surface area contributed by atoms with Crippen LogP contribution in [-0.4, -0.2) is 21.3 Å². The van der Waals surface area contributed by atoms with Gasteiger partial charge in [0.15, 0.2) is 0 Å². The van der Waals surface area contributed by atoms with Crippen molar-refractivity contribution >= 4 is 10.8 Å². The molecule has 27 heavy (non-hydrogen) atoms. The fourth-order valence-corrected chi connectivity index (χ4v) is 4.26. The van der Waals surface area contributed by atoms with Gasteiger partial charge in [-0.1, -0.05) is 38.3 Å². The molecule has 0 spiro atoms. The van der Waals surface area contributed by atoms with Crippen molar-refractivity contribution in [2.75, 3.05) is 6.61 Å². The molecule has 1 aliphatic rings. The summed E-state index contributed by atoms with van der Waals surface area (Å²) in [4.78, 5) is 4.07. The highest BCUT2D eigenvalue weighted by molar-refractivity contribution is 5.91. The van der Waals surface area contributed by atoms with Gasteiger partial charge in [-0.05, 0) is 53.8 Å². The Hall–Kier alpha value is -2.49. The molecule has 1 N–H and O–H groups in total. The van der Waals surface area contributed by atoms with Gasteiger partial charge in [0.1, 0.15) is 18.1 Å². The molecule has 0 atom stereocenters. The van der Waals surface area contributed by atoms with E-state index in [1.807, 2.05) is 16.8 Å². The molecule has 2 aromatic carbocycles. The number of phenolic OH excluding ortho intramolecular Hbond substituents is 1. The first-order chi connectivity index (χ1) is 13.3. The largest absolute Gasteiger partial charge is 0.508 e. The molecule has 1 aromatic heterocycles. The molecule has 0 amide bonds. The van der Waals surface area contributed by atoms with E-state index in [-0.39, 0.29) is 0 Å². The van der Waals surface area contributed by atoms with Crippen molar-refractivity contribution in [1.82, 2.24) is 9.55 Å². The Labute approximate surface area is 160 Å². The molecule has 1 fully saturated rings. The predicted octanol–water partition coefficient (Wildman–Crippen LogP) is 5.43. The third kappa shape index (κ3) is 3.80. The van der Waals surface area contributed by atoms with Crippen LogP contribution < -0.4 is 4.74 Å². The lowest BCUT2D eigenvalue weighted by atomic mass is 9.83. The van der Waals surface area contributed by atoms with Gasteiger partial charge in [0.2, 0.25) is 0 Å². The number of hydrogen-bond acceptors (Lipinski definition) is 3. The third-order valence-corrected chi connectivity index (χ3v) is 5.78. The summed E-state index contributed by atoms with van der Waals surface area (Å²) in [6.07, 6.45) is 12.6. The molecule has 0 radical (unpaired) electrons. The molecule has 4 heteroatoms. The summed E-state index contributed by atoms with van der Waals surface area (Å²) in [6.45, 7) is 3.47. The van der Waals surface area contributed by atoms with E-state index >= 15 is 0 Å². The summed E-state index contributed by atoms with van der Waals surface area (Å²) in [7, 11) is 0. The molecule has 1 heterocycles. The average Bonchev–Trinajstić information content (AvgIpc) is 3.22. The zero-order valence-corrected chi connectivity index (χ0v) is 16.0. The molecular formula is C23H28N2O2. The van der Waals surface area contributed by atoms with Crippen LogP contribution >= 0.6 is 0 Å². The van der Waals surface area contributed by atoms with Crippen LogP contribution in [0, 0.1) is 0 Å². The Morgan fingerprint density at radius 1 is 1.19 bits per heavy atom. The Morgan fingerprint density at radius 3 is 2.78 bits per heavy atom. The summed E-state index contributed by atoms with van der Waals surface area (Å²) < 4.78 is 8.20. The summed E-state index contributed by atoms with van der Waals surface area (Å²) in [5.41, 5.74) is 2.29. The highest BCUT2D eigenvalue weighted by atomic mass is 16.5. The maximum absolute atomic E-state index is 10.8. The molecule has 142 valence electrons. The highest BCUT2D eigenvalue weighted by Crippen LogP contribution is 2.41. The first-order valence-corrected chi connectivity index (χ1v) is 10.1. The lowest BCUT2D eigenvalue weighted by Gasteiger charge is -2.23. The van der Waals surface area contributed by atoms with Crippen LogP contribution in [0.4, 0.5) is 0 Å². The normalized spacial score (nSPS) is 15.3. The predicted molar refractivity (Wildman–Crippen MR) is 109 cm³/mol. The number of imidazole rings is 1. The van der Waals surface area contributed by atoms with Crippen molar-refractivity contribution in [3.63, 3.8) is 0 Å². The monoisotopic (exact) mass is 364 g/mol. The maximum Gasteiger partial charge on any atom is 0.130 e. The summed E-state index contributed by atoms with van der Waals surface area (Å²) in [5.74, 6) is 1.81. The average molecular weight is 364 g/mol. The minimum absolute atomic E-state index is 0.419. The van der Waals surface area contributed by atoms with Crippen molar-refractivity contribution in [2.24, 2.45) is 0 Å². The van der Waals surface area contributed by atoms with Crippen LogP contribution in [0.1, 0.15) is 56.1 Å². The zero-order chi connectivity index (χ0) is 18.6. The van der Waals surface area contributed by atoms with Gasteiger partial charge in [-0.25, -0.2) is 4.98 Å². The SMILES string of the molecule is CCc1ccc2cc(C3CCCCC3)c(O)cc2c1OCCn1ccnc1. The Morgan fingerprint density at radius 2 is 2.04 bits per heavy atom.